The van der Waals surface area contributed by atoms with Crippen LogP contribution in [0.4, 0.5) is 5.69 Å². The second-order valence-corrected chi connectivity index (χ2v) is 8.71. The Morgan fingerprint density at radius 1 is 0.964 bits per heavy atom. The Labute approximate surface area is 169 Å². The molecule has 28 heavy (non-hydrogen) atoms. The van der Waals surface area contributed by atoms with Gasteiger partial charge in [-0.05, 0) is 36.8 Å². The monoisotopic (exact) mass is 415 g/mol. The molecule has 7 heteroatoms. The largest absolute Gasteiger partial charge is 0.454 e. The van der Waals surface area contributed by atoms with Crippen LogP contribution in [0.5, 0.6) is 11.5 Å². The second-order valence-electron chi connectivity index (χ2n) is 6.47. The van der Waals surface area contributed by atoms with Crippen LogP contribution in [0.3, 0.4) is 0 Å². The lowest BCUT2D eigenvalue weighted by Gasteiger charge is -2.25. The minimum atomic E-state index is -3.91. The first-order valence-electron chi connectivity index (χ1n) is 8.67. The van der Waals surface area contributed by atoms with Crippen molar-refractivity contribution >= 4 is 27.3 Å². The number of anilines is 1. The summed E-state index contributed by atoms with van der Waals surface area (Å²) in [6, 6.07) is 19.3. The van der Waals surface area contributed by atoms with E-state index in [1.165, 1.54) is 10.4 Å². The summed E-state index contributed by atoms with van der Waals surface area (Å²) in [5.41, 5.74) is 2.40. The van der Waals surface area contributed by atoms with E-state index in [1.807, 2.05) is 31.2 Å². The third kappa shape index (κ3) is 3.53. The van der Waals surface area contributed by atoms with Gasteiger partial charge in [-0.3, -0.25) is 4.31 Å². The first kappa shape index (κ1) is 18.7. The fourth-order valence-electron chi connectivity index (χ4n) is 3.10. The normalized spacial score (nSPS) is 12.8. The van der Waals surface area contributed by atoms with Crippen LogP contribution in [-0.4, -0.2) is 15.2 Å². The number of hydrogen-bond donors (Lipinski definition) is 0. The van der Waals surface area contributed by atoms with Gasteiger partial charge in [0, 0.05) is 6.07 Å². The van der Waals surface area contributed by atoms with Gasteiger partial charge < -0.3 is 9.47 Å². The number of rotatable bonds is 5. The van der Waals surface area contributed by atoms with E-state index in [-0.39, 0.29) is 23.3 Å². The number of aryl methyl sites for hydroxylation is 1. The summed E-state index contributed by atoms with van der Waals surface area (Å²) in [6.45, 7) is 2.25. The van der Waals surface area contributed by atoms with Gasteiger partial charge in [0.25, 0.3) is 10.0 Å². The van der Waals surface area contributed by atoms with E-state index in [9.17, 15) is 8.42 Å². The highest BCUT2D eigenvalue weighted by atomic mass is 35.5. The fraction of sp³-hybridized carbons (Fsp3) is 0.143. The van der Waals surface area contributed by atoms with Crippen molar-refractivity contribution in [3.05, 3.63) is 82.9 Å². The third-order valence-corrected chi connectivity index (χ3v) is 6.73. The molecule has 4 rings (SSSR count). The summed E-state index contributed by atoms with van der Waals surface area (Å²) < 4.78 is 39.1. The standard InChI is InChI=1S/C21H18ClNO4S/c1-15-5-4-6-16(11-15)13-23(17-9-10-19-20(12-17)27-14-26-19)28(24,25)21-8-3-2-7-18(21)22/h2-12H,13-14H2,1H3. The number of benzene rings is 3. The van der Waals surface area contributed by atoms with Gasteiger partial charge in [-0.25, -0.2) is 8.42 Å². The number of hydrogen-bond acceptors (Lipinski definition) is 4. The maximum absolute atomic E-state index is 13.5. The molecule has 0 aromatic heterocycles. The summed E-state index contributed by atoms with van der Waals surface area (Å²) in [5, 5.41) is 0.178. The van der Waals surface area contributed by atoms with Crippen molar-refractivity contribution in [1.29, 1.82) is 0 Å². The third-order valence-electron chi connectivity index (χ3n) is 4.46. The summed E-state index contributed by atoms with van der Waals surface area (Å²) in [6.07, 6.45) is 0. The van der Waals surface area contributed by atoms with Crippen molar-refractivity contribution < 1.29 is 17.9 Å². The molecule has 0 amide bonds. The molecule has 0 saturated carbocycles. The number of nitrogens with zero attached hydrogens (tertiary/aromatic N) is 1. The van der Waals surface area contributed by atoms with Gasteiger partial charge in [-0.1, -0.05) is 53.6 Å². The molecule has 0 saturated heterocycles. The lowest BCUT2D eigenvalue weighted by Crippen LogP contribution is -2.30. The molecule has 144 valence electrons. The summed E-state index contributed by atoms with van der Waals surface area (Å²) >= 11 is 6.21. The van der Waals surface area contributed by atoms with Crippen LogP contribution >= 0.6 is 11.6 Å². The molecule has 0 fully saturated rings. The van der Waals surface area contributed by atoms with E-state index >= 15 is 0 Å². The average Bonchev–Trinajstić information content (AvgIpc) is 3.14. The van der Waals surface area contributed by atoms with Gasteiger partial charge in [0.2, 0.25) is 6.79 Å². The molecular formula is C21H18ClNO4S. The van der Waals surface area contributed by atoms with Gasteiger partial charge in [-0.2, -0.15) is 0 Å². The van der Waals surface area contributed by atoms with E-state index in [0.29, 0.717) is 17.2 Å². The molecule has 1 aliphatic heterocycles. The van der Waals surface area contributed by atoms with E-state index in [1.54, 1.807) is 36.4 Å². The van der Waals surface area contributed by atoms with Crippen LogP contribution in [-0.2, 0) is 16.6 Å². The molecule has 0 spiro atoms. The van der Waals surface area contributed by atoms with Gasteiger partial charge in [0.15, 0.2) is 11.5 Å². The zero-order valence-electron chi connectivity index (χ0n) is 15.1. The molecule has 0 bridgehead atoms. The van der Waals surface area contributed by atoms with Crippen LogP contribution < -0.4 is 13.8 Å². The molecular weight excluding hydrogens is 398 g/mol. The molecule has 1 aliphatic rings. The molecule has 0 aliphatic carbocycles. The Morgan fingerprint density at radius 2 is 1.75 bits per heavy atom. The van der Waals surface area contributed by atoms with Gasteiger partial charge in [-0.15, -0.1) is 0 Å². The van der Waals surface area contributed by atoms with Crippen molar-refractivity contribution in [2.45, 2.75) is 18.4 Å². The zero-order valence-corrected chi connectivity index (χ0v) is 16.7. The highest BCUT2D eigenvalue weighted by Gasteiger charge is 2.28. The highest BCUT2D eigenvalue weighted by Crippen LogP contribution is 2.38. The molecule has 0 N–H and O–H groups in total. The van der Waals surface area contributed by atoms with Gasteiger partial charge in [0.1, 0.15) is 4.90 Å². The summed E-state index contributed by atoms with van der Waals surface area (Å²) in [4.78, 5) is 0.0574. The predicted molar refractivity (Wildman–Crippen MR) is 109 cm³/mol. The minimum absolute atomic E-state index is 0.0574. The number of ether oxygens (including phenoxy) is 2. The van der Waals surface area contributed by atoms with Crippen LogP contribution in [0, 0.1) is 6.92 Å². The van der Waals surface area contributed by atoms with E-state index in [2.05, 4.69) is 0 Å². The van der Waals surface area contributed by atoms with Crippen LogP contribution in [0.15, 0.2) is 71.6 Å². The van der Waals surface area contributed by atoms with Crippen LogP contribution in [0.1, 0.15) is 11.1 Å². The second kappa shape index (κ2) is 7.37. The maximum atomic E-state index is 13.5. The number of fused-ring (bicyclic) bond motifs is 1. The molecule has 3 aromatic rings. The Balaban J connectivity index is 1.83. The molecule has 0 radical (unpaired) electrons. The smallest absolute Gasteiger partial charge is 0.266 e. The molecule has 3 aromatic carbocycles. The highest BCUT2D eigenvalue weighted by molar-refractivity contribution is 7.93. The number of halogens is 1. The van der Waals surface area contributed by atoms with Gasteiger partial charge in [0.05, 0.1) is 17.3 Å². The molecule has 1 heterocycles. The SMILES string of the molecule is Cc1cccc(CN(c2ccc3c(c2)OCO3)S(=O)(=O)c2ccccc2Cl)c1. The number of sulfonamides is 1. The first-order chi connectivity index (χ1) is 13.4. The molecule has 0 unspecified atom stereocenters. The first-order valence-corrected chi connectivity index (χ1v) is 10.5. The molecule has 0 atom stereocenters. The van der Waals surface area contributed by atoms with E-state index in [4.69, 9.17) is 21.1 Å². The zero-order chi connectivity index (χ0) is 19.7. The van der Waals surface area contributed by atoms with Crippen molar-refractivity contribution in [1.82, 2.24) is 0 Å². The van der Waals surface area contributed by atoms with Crippen molar-refractivity contribution in [3.8, 4) is 11.5 Å². The average molecular weight is 416 g/mol. The Hall–Kier alpha value is -2.70. The van der Waals surface area contributed by atoms with Crippen molar-refractivity contribution in [2.75, 3.05) is 11.1 Å². The van der Waals surface area contributed by atoms with E-state index in [0.717, 1.165) is 11.1 Å². The topological polar surface area (TPSA) is 55.8 Å². The van der Waals surface area contributed by atoms with E-state index < -0.39 is 10.0 Å². The predicted octanol–water partition coefficient (Wildman–Crippen LogP) is 4.77. The maximum Gasteiger partial charge on any atom is 0.266 e. The van der Waals surface area contributed by atoms with Crippen LogP contribution in [0.25, 0.3) is 0 Å². The Kier molecular flexibility index (Phi) is 4.91. The van der Waals surface area contributed by atoms with Crippen molar-refractivity contribution in [2.24, 2.45) is 0 Å². The summed E-state index contributed by atoms with van der Waals surface area (Å²) in [7, 11) is -3.91. The van der Waals surface area contributed by atoms with Gasteiger partial charge >= 0.3 is 0 Å². The van der Waals surface area contributed by atoms with Crippen LogP contribution in [0.2, 0.25) is 5.02 Å². The fourth-order valence-corrected chi connectivity index (χ4v) is 5.05. The minimum Gasteiger partial charge on any atom is -0.454 e. The summed E-state index contributed by atoms with van der Waals surface area (Å²) in [5.74, 6) is 1.11. The van der Waals surface area contributed by atoms with Crippen molar-refractivity contribution in [3.63, 3.8) is 0 Å². The Morgan fingerprint density at radius 3 is 2.54 bits per heavy atom. The quantitative estimate of drug-likeness (QED) is 0.602. The lowest BCUT2D eigenvalue weighted by atomic mass is 10.1. The Bertz CT molecular complexity index is 1130. The lowest BCUT2D eigenvalue weighted by molar-refractivity contribution is 0.174. The molecule has 5 nitrogen and oxygen atoms in total.